The van der Waals surface area contributed by atoms with E-state index in [0.29, 0.717) is 23.9 Å². The third-order valence-electron chi connectivity index (χ3n) is 15.7. The highest BCUT2D eigenvalue weighted by molar-refractivity contribution is 5.71. The average Bonchev–Trinajstić information content (AvgIpc) is 3.48. The molecule has 0 radical (unpaired) electrons. The number of unbranched alkanes of at least 4 members (excludes halogenated alkanes) is 37. The van der Waals surface area contributed by atoms with Crippen LogP contribution in [0, 0.1) is 0 Å². The van der Waals surface area contributed by atoms with E-state index in [2.05, 4.69) is 98.9 Å². The smallest absolute Gasteiger partial charge is 0.361 e. The molecule has 9 nitrogen and oxygen atoms in total. The number of hydrogen-bond acceptors (Lipinski definition) is 7. The van der Waals surface area contributed by atoms with Crippen LogP contribution in [0.25, 0.3) is 0 Å². The molecule has 85 heavy (non-hydrogen) atoms. The van der Waals surface area contributed by atoms with Gasteiger partial charge in [-0.25, -0.2) is 4.79 Å². The van der Waals surface area contributed by atoms with Gasteiger partial charge in [0.2, 0.25) is 0 Å². The number of carboxylic acid groups (broad SMARTS) is 1. The van der Waals surface area contributed by atoms with Crippen molar-refractivity contribution in [3.8, 4) is 0 Å². The highest BCUT2D eigenvalue weighted by Crippen LogP contribution is 2.18. The van der Waals surface area contributed by atoms with Gasteiger partial charge in [-0.2, -0.15) is 0 Å². The topological polar surface area (TPSA) is 108 Å². The van der Waals surface area contributed by atoms with Crippen molar-refractivity contribution in [1.82, 2.24) is 0 Å². The molecule has 0 saturated carbocycles. The number of rotatable bonds is 66. The molecule has 0 bridgehead atoms. The lowest BCUT2D eigenvalue weighted by Crippen LogP contribution is -2.40. The second kappa shape index (κ2) is 66.4. The first kappa shape index (κ1) is 81.5. The molecule has 492 valence electrons. The Morgan fingerprint density at radius 3 is 1.00 bits per heavy atom. The van der Waals surface area contributed by atoms with Gasteiger partial charge in [0.1, 0.15) is 13.2 Å². The minimum absolute atomic E-state index is 0.181. The third kappa shape index (κ3) is 67.8. The van der Waals surface area contributed by atoms with Crippen LogP contribution in [0.15, 0.2) is 85.1 Å². The minimum atomic E-state index is -1.52. The summed E-state index contributed by atoms with van der Waals surface area (Å²) in [5.74, 6) is -2.02. The van der Waals surface area contributed by atoms with Crippen LogP contribution in [0.3, 0.4) is 0 Å². The van der Waals surface area contributed by atoms with Crippen molar-refractivity contribution in [1.29, 1.82) is 0 Å². The minimum Gasteiger partial charge on any atom is -0.477 e. The normalized spacial score (nSPS) is 13.2. The molecule has 0 heterocycles. The molecule has 0 aliphatic carbocycles. The van der Waals surface area contributed by atoms with Crippen LogP contribution in [0.5, 0.6) is 0 Å². The summed E-state index contributed by atoms with van der Waals surface area (Å²) in [5.41, 5.74) is 0. The maximum atomic E-state index is 12.9. The lowest BCUT2D eigenvalue weighted by atomic mass is 10.0. The van der Waals surface area contributed by atoms with Gasteiger partial charge in [0, 0.05) is 12.8 Å². The van der Waals surface area contributed by atoms with Gasteiger partial charge in [0.25, 0.3) is 6.29 Å². The van der Waals surface area contributed by atoms with Gasteiger partial charge in [-0.1, -0.05) is 324 Å². The van der Waals surface area contributed by atoms with Crippen molar-refractivity contribution < 1.29 is 42.9 Å². The Labute approximate surface area is 525 Å². The fourth-order valence-electron chi connectivity index (χ4n) is 10.2. The first-order chi connectivity index (χ1) is 41.6. The Balaban J connectivity index is 4.11. The Kier molecular flexibility index (Phi) is 63.7. The number of esters is 2. The standard InChI is InChI=1S/C76H135NO8/c1-6-8-10-12-14-16-18-20-22-24-26-28-30-32-34-35-36-37-38-39-41-42-44-46-48-50-52-54-56-58-60-62-64-66-73(78)83-70-72(71-84-76(75(80)81)82-69-68-77(3,4)5)85-74(79)67-65-63-61-59-57-55-53-51-49-47-45-43-40-33-31-29-27-25-23-21-19-17-15-13-11-9-7-2/h9,11,15,17,21,23,27,29,33,40,45,47,51,53,72,76H,6-8,10,12-14,16,18-20,22,24-26,28,30-32,34-39,41-44,46,48-50,52,54-71H2,1-5H3/p+1/b11-9-,17-15-,23-21-,29-27-,40-33-,47-45-,53-51-. The number of aliphatic carboxylic acids is 1. The molecule has 0 aliphatic rings. The molecule has 2 atom stereocenters. The molecule has 0 aromatic heterocycles. The van der Waals surface area contributed by atoms with Crippen LogP contribution in [0.4, 0.5) is 0 Å². The van der Waals surface area contributed by atoms with E-state index in [1.165, 1.54) is 193 Å². The molecule has 0 spiro atoms. The predicted molar refractivity (Wildman–Crippen MR) is 364 cm³/mol. The summed E-state index contributed by atoms with van der Waals surface area (Å²) in [7, 11) is 5.97. The van der Waals surface area contributed by atoms with E-state index in [9.17, 15) is 19.5 Å². The highest BCUT2D eigenvalue weighted by Gasteiger charge is 2.25. The van der Waals surface area contributed by atoms with Crippen LogP contribution < -0.4 is 0 Å². The zero-order valence-corrected chi connectivity index (χ0v) is 56.3. The molecular weight excluding hydrogens is 1050 g/mol. The monoisotopic (exact) mass is 1190 g/mol. The van der Waals surface area contributed by atoms with Gasteiger partial charge in [0.05, 0.1) is 34.4 Å². The molecule has 0 aliphatic heterocycles. The molecule has 9 heteroatoms. The van der Waals surface area contributed by atoms with Crippen LogP contribution in [-0.4, -0.2) is 87.4 Å². The maximum Gasteiger partial charge on any atom is 0.361 e. The van der Waals surface area contributed by atoms with Gasteiger partial charge < -0.3 is 28.5 Å². The summed E-state index contributed by atoms with van der Waals surface area (Å²) in [4.78, 5) is 37.6. The van der Waals surface area contributed by atoms with E-state index < -0.39 is 24.3 Å². The van der Waals surface area contributed by atoms with E-state index in [1.54, 1.807) is 0 Å². The van der Waals surface area contributed by atoms with Crippen molar-refractivity contribution in [2.75, 3.05) is 47.5 Å². The summed E-state index contributed by atoms with van der Waals surface area (Å²) < 4.78 is 23.0. The van der Waals surface area contributed by atoms with Crippen LogP contribution in [0.2, 0.25) is 0 Å². The molecule has 0 rings (SSSR count). The first-order valence-corrected chi connectivity index (χ1v) is 35.8. The van der Waals surface area contributed by atoms with Gasteiger partial charge in [-0.05, 0) is 70.6 Å². The molecule has 0 aromatic carbocycles. The number of quaternary nitrogens is 1. The maximum absolute atomic E-state index is 12.9. The number of carbonyl (C=O) groups is 3. The van der Waals surface area contributed by atoms with E-state index in [-0.39, 0.29) is 32.2 Å². The van der Waals surface area contributed by atoms with Gasteiger partial charge >= 0.3 is 17.9 Å². The average molecular weight is 1190 g/mol. The highest BCUT2D eigenvalue weighted by atomic mass is 16.7. The number of carbonyl (C=O) groups excluding carboxylic acids is 2. The summed E-state index contributed by atoms with van der Waals surface area (Å²) in [6.07, 6.45) is 87.1. The lowest BCUT2D eigenvalue weighted by molar-refractivity contribution is -0.870. The number of allylic oxidation sites excluding steroid dienone is 14. The van der Waals surface area contributed by atoms with Crippen molar-refractivity contribution >= 4 is 17.9 Å². The fraction of sp³-hybridized carbons (Fsp3) is 0.776. The molecule has 2 unspecified atom stereocenters. The Morgan fingerprint density at radius 1 is 0.365 bits per heavy atom. The second-order valence-electron chi connectivity index (χ2n) is 25.2. The molecule has 0 aromatic rings. The summed E-state index contributed by atoms with van der Waals surface area (Å²) in [6, 6.07) is 0. The van der Waals surface area contributed by atoms with Gasteiger partial charge in [-0.3, -0.25) is 9.59 Å². The fourth-order valence-corrected chi connectivity index (χ4v) is 10.2. The first-order valence-electron chi connectivity index (χ1n) is 35.8. The molecule has 0 fully saturated rings. The van der Waals surface area contributed by atoms with Gasteiger partial charge in [-0.15, -0.1) is 0 Å². The van der Waals surface area contributed by atoms with E-state index in [1.807, 2.05) is 21.1 Å². The van der Waals surface area contributed by atoms with Crippen LogP contribution >= 0.6 is 0 Å². The molecular formula is C76H136NO8+. The molecule has 1 N–H and O–H groups in total. The van der Waals surface area contributed by atoms with E-state index >= 15 is 0 Å². The van der Waals surface area contributed by atoms with Crippen molar-refractivity contribution in [3.05, 3.63) is 85.1 Å². The van der Waals surface area contributed by atoms with E-state index in [4.69, 9.17) is 18.9 Å². The zero-order chi connectivity index (χ0) is 61.9. The number of nitrogens with zero attached hydrogens (tertiary/aromatic N) is 1. The summed E-state index contributed by atoms with van der Waals surface area (Å²) in [5, 5.41) is 9.75. The third-order valence-corrected chi connectivity index (χ3v) is 15.7. The van der Waals surface area contributed by atoms with Crippen molar-refractivity contribution in [2.45, 2.75) is 334 Å². The Hall–Kier alpha value is -3.53. The Bertz CT molecular complexity index is 1670. The SMILES string of the molecule is CC/C=C\C/C=C\C/C=C\C/C=C\C/C=C\C/C=C\C/C=C\CCCCCCCC(=O)OC(COC(=O)CCCCCCCCCCCCCCCCCCCCCCCCCCCCCCCCCCC)COC(OCC[N+](C)(C)C)C(=O)O. The molecule has 0 amide bonds. The van der Waals surface area contributed by atoms with E-state index in [0.717, 1.165) is 96.3 Å². The zero-order valence-electron chi connectivity index (χ0n) is 56.3. The van der Waals surface area contributed by atoms with Crippen molar-refractivity contribution in [3.63, 3.8) is 0 Å². The quantitative estimate of drug-likeness (QED) is 0.0211. The number of carboxylic acids is 1. The largest absolute Gasteiger partial charge is 0.477 e. The number of hydrogen-bond donors (Lipinski definition) is 1. The Morgan fingerprint density at radius 2 is 0.671 bits per heavy atom. The molecule has 0 saturated heterocycles. The van der Waals surface area contributed by atoms with Crippen LogP contribution in [0.1, 0.15) is 322 Å². The lowest BCUT2D eigenvalue weighted by Gasteiger charge is -2.25. The van der Waals surface area contributed by atoms with Crippen molar-refractivity contribution in [2.24, 2.45) is 0 Å². The summed E-state index contributed by atoms with van der Waals surface area (Å²) >= 11 is 0. The van der Waals surface area contributed by atoms with Crippen LogP contribution in [-0.2, 0) is 33.3 Å². The predicted octanol–water partition coefficient (Wildman–Crippen LogP) is 22.2. The second-order valence-corrected chi connectivity index (χ2v) is 25.2. The number of ether oxygens (including phenoxy) is 4. The summed E-state index contributed by atoms with van der Waals surface area (Å²) in [6.45, 7) is 4.78. The van der Waals surface area contributed by atoms with Gasteiger partial charge in [0.15, 0.2) is 6.10 Å². The number of likely N-dealkylation sites (N-methyl/N-ethyl adjacent to an activating group) is 1.